The molecule has 2 nitrogen and oxygen atoms in total. The van der Waals surface area contributed by atoms with Gasteiger partial charge in [0.1, 0.15) is 0 Å². The molecule has 0 bridgehead atoms. The highest BCUT2D eigenvalue weighted by molar-refractivity contribution is 6.31. The van der Waals surface area contributed by atoms with Crippen molar-refractivity contribution in [1.82, 2.24) is 10.3 Å². The number of aryl methyl sites for hydroxylation is 1. The molecular weight excluding hydrogens is 196 g/mol. The minimum atomic E-state index is 0.569. The van der Waals surface area contributed by atoms with Crippen LogP contribution in [0.4, 0.5) is 0 Å². The fourth-order valence-corrected chi connectivity index (χ4v) is 2.52. The summed E-state index contributed by atoms with van der Waals surface area (Å²) >= 11 is 6.17. The first-order valence-corrected chi connectivity index (χ1v) is 5.47. The molecule has 1 aromatic heterocycles. The number of piperidine rings is 1. The molecule has 14 heavy (non-hydrogen) atoms. The maximum Gasteiger partial charge on any atom is 0.0627 e. The molecule has 3 heteroatoms. The summed E-state index contributed by atoms with van der Waals surface area (Å²) in [6.07, 6.45) is 6.12. The van der Waals surface area contributed by atoms with E-state index in [0.29, 0.717) is 5.92 Å². The van der Waals surface area contributed by atoms with Crippen LogP contribution >= 0.6 is 11.6 Å². The van der Waals surface area contributed by atoms with E-state index >= 15 is 0 Å². The van der Waals surface area contributed by atoms with Gasteiger partial charge in [0.15, 0.2) is 0 Å². The number of aromatic nitrogens is 1. The lowest BCUT2D eigenvalue weighted by molar-refractivity contribution is 0.460. The smallest absolute Gasteiger partial charge is 0.0627 e. The summed E-state index contributed by atoms with van der Waals surface area (Å²) in [4.78, 5) is 4.09. The summed E-state index contributed by atoms with van der Waals surface area (Å²) < 4.78 is 0. The van der Waals surface area contributed by atoms with Gasteiger partial charge in [-0.1, -0.05) is 11.6 Å². The van der Waals surface area contributed by atoms with Gasteiger partial charge in [-0.2, -0.15) is 0 Å². The van der Waals surface area contributed by atoms with Gasteiger partial charge in [-0.05, 0) is 43.4 Å². The third-order valence-electron chi connectivity index (χ3n) is 2.84. The second kappa shape index (κ2) is 4.28. The van der Waals surface area contributed by atoms with Crippen LogP contribution in [-0.2, 0) is 0 Å². The summed E-state index contributed by atoms with van der Waals surface area (Å²) in [6, 6.07) is 0. The van der Waals surface area contributed by atoms with Crippen molar-refractivity contribution in [3.8, 4) is 0 Å². The summed E-state index contributed by atoms with van der Waals surface area (Å²) in [5.41, 5.74) is 2.50. The van der Waals surface area contributed by atoms with Crippen molar-refractivity contribution in [3.05, 3.63) is 28.5 Å². The highest BCUT2D eigenvalue weighted by Crippen LogP contribution is 2.30. The van der Waals surface area contributed by atoms with Gasteiger partial charge in [0.05, 0.1) is 5.02 Å². The minimum absolute atomic E-state index is 0.569. The number of pyridine rings is 1. The average molecular weight is 211 g/mol. The SMILES string of the molecule is Cc1cncc(Cl)c1C1CCCNC1. The number of nitrogens with zero attached hydrogens (tertiary/aromatic N) is 1. The Morgan fingerprint density at radius 1 is 1.50 bits per heavy atom. The maximum absolute atomic E-state index is 6.17. The Morgan fingerprint density at radius 2 is 2.36 bits per heavy atom. The van der Waals surface area contributed by atoms with Crippen LogP contribution < -0.4 is 5.32 Å². The second-order valence-corrected chi connectivity index (χ2v) is 4.30. The average Bonchev–Trinajstić information content (AvgIpc) is 2.19. The molecule has 0 spiro atoms. The standard InChI is InChI=1S/C11H15ClN2/c1-8-5-14-7-10(12)11(8)9-3-2-4-13-6-9/h5,7,9,13H,2-4,6H2,1H3. The molecular formula is C11H15ClN2. The molecule has 1 saturated heterocycles. The van der Waals surface area contributed by atoms with Crippen LogP contribution in [0.5, 0.6) is 0 Å². The zero-order chi connectivity index (χ0) is 9.97. The Morgan fingerprint density at radius 3 is 3.00 bits per heavy atom. The largest absolute Gasteiger partial charge is 0.316 e. The fraction of sp³-hybridized carbons (Fsp3) is 0.545. The van der Waals surface area contributed by atoms with Crippen LogP contribution in [0.3, 0.4) is 0 Å². The molecule has 1 atom stereocenters. The van der Waals surface area contributed by atoms with E-state index in [1.807, 2.05) is 6.20 Å². The summed E-state index contributed by atoms with van der Waals surface area (Å²) in [7, 11) is 0. The van der Waals surface area contributed by atoms with Gasteiger partial charge in [0.25, 0.3) is 0 Å². The van der Waals surface area contributed by atoms with E-state index in [1.54, 1.807) is 6.20 Å². The van der Waals surface area contributed by atoms with E-state index in [4.69, 9.17) is 11.6 Å². The van der Waals surface area contributed by atoms with Gasteiger partial charge in [-0.25, -0.2) is 0 Å². The Bertz CT molecular complexity index is 299. The molecule has 1 aliphatic heterocycles. The Balaban J connectivity index is 2.29. The Labute approximate surface area is 89.7 Å². The van der Waals surface area contributed by atoms with Crippen LogP contribution in [0.15, 0.2) is 12.4 Å². The molecule has 0 amide bonds. The van der Waals surface area contributed by atoms with Gasteiger partial charge in [-0.3, -0.25) is 4.98 Å². The van der Waals surface area contributed by atoms with E-state index in [1.165, 1.54) is 24.0 Å². The molecule has 0 saturated carbocycles. The molecule has 0 radical (unpaired) electrons. The fourth-order valence-electron chi connectivity index (χ4n) is 2.16. The van der Waals surface area contributed by atoms with Crippen molar-refractivity contribution in [1.29, 1.82) is 0 Å². The Hall–Kier alpha value is -0.600. The molecule has 1 aromatic rings. The zero-order valence-corrected chi connectivity index (χ0v) is 9.14. The molecule has 2 heterocycles. The van der Waals surface area contributed by atoms with Gasteiger partial charge in [0.2, 0.25) is 0 Å². The summed E-state index contributed by atoms with van der Waals surface area (Å²) in [5, 5.41) is 4.23. The lowest BCUT2D eigenvalue weighted by Gasteiger charge is -2.25. The summed E-state index contributed by atoms with van der Waals surface area (Å²) in [5.74, 6) is 0.569. The van der Waals surface area contributed by atoms with E-state index in [9.17, 15) is 0 Å². The van der Waals surface area contributed by atoms with Crippen molar-refractivity contribution >= 4 is 11.6 Å². The van der Waals surface area contributed by atoms with E-state index in [-0.39, 0.29) is 0 Å². The molecule has 1 N–H and O–H groups in total. The van der Waals surface area contributed by atoms with Crippen LogP contribution in [0.2, 0.25) is 5.02 Å². The zero-order valence-electron chi connectivity index (χ0n) is 8.39. The van der Waals surface area contributed by atoms with E-state index in [0.717, 1.165) is 18.1 Å². The predicted octanol–water partition coefficient (Wildman–Crippen LogP) is 2.51. The third-order valence-corrected chi connectivity index (χ3v) is 3.14. The van der Waals surface area contributed by atoms with Crippen molar-refractivity contribution in [3.63, 3.8) is 0 Å². The number of nitrogens with one attached hydrogen (secondary N) is 1. The number of hydrogen-bond acceptors (Lipinski definition) is 2. The molecule has 1 fully saturated rings. The highest BCUT2D eigenvalue weighted by atomic mass is 35.5. The quantitative estimate of drug-likeness (QED) is 0.771. The molecule has 2 rings (SSSR count). The number of halogens is 1. The first-order chi connectivity index (χ1) is 6.79. The normalized spacial score (nSPS) is 22.3. The number of hydrogen-bond donors (Lipinski definition) is 1. The first-order valence-electron chi connectivity index (χ1n) is 5.10. The molecule has 0 aliphatic carbocycles. The van der Waals surface area contributed by atoms with E-state index in [2.05, 4.69) is 17.2 Å². The first kappa shape index (κ1) is 9.94. The highest BCUT2D eigenvalue weighted by Gasteiger charge is 2.19. The van der Waals surface area contributed by atoms with Crippen LogP contribution in [0, 0.1) is 6.92 Å². The Kier molecular flexibility index (Phi) is 3.04. The third kappa shape index (κ3) is 1.91. The van der Waals surface area contributed by atoms with Gasteiger partial charge in [-0.15, -0.1) is 0 Å². The van der Waals surface area contributed by atoms with Crippen molar-refractivity contribution < 1.29 is 0 Å². The molecule has 1 unspecified atom stereocenters. The minimum Gasteiger partial charge on any atom is -0.316 e. The van der Waals surface area contributed by atoms with Crippen LogP contribution in [0.25, 0.3) is 0 Å². The molecule has 0 aromatic carbocycles. The van der Waals surface area contributed by atoms with Gasteiger partial charge in [0, 0.05) is 18.9 Å². The topological polar surface area (TPSA) is 24.9 Å². The lowest BCUT2D eigenvalue weighted by Crippen LogP contribution is -2.28. The molecule has 76 valence electrons. The second-order valence-electron chi connectivity index (χ2n) is 3.90. The molecule has 1 aliphatic rings. The predicted molar refractivity (Wildman–Crippen MR) is 58.8 cm³/mol. The van der Waals surface area contributed by atoms with Crippen LogP contribution in [-0.4, -0.2) is 18.1 Å². The summed E-state index contributed by atoms with van der Waals surface area (Å²) in [6.45, 7) is 4.27. The van der Waals surface area contributed by atoms with Gasteiger partial charge < -0.3 is 5.32 Å². The van der Waals surface area contributed by atoms with Crippen molar-refractivity contribution in [2.45, 2.75) is 25.7 Å². The van der Waals surface area contributed by atoms with Crippen molar-refractivity contribution in [2.24, 2.45) is 0 Å². The number of rotatable bonds is 1. The monoisotopic (exact) mass is 210 g/mol. The van der Waals surface area contributed by atoms with E-state index < -0.39 is 0 Å². The van der Waals surface area contributed by atoms with Gasteiger partial charge >= 0.3 is 0 Å². The van der Waals surface area contributed by atoms with Crippen LogP contribution in [0.1, 0.15) is 29.9 Å². The maximum atomic E-state index is 6.17. The lowest BCUT2D eigenvalue weighted by atomic mass is 9.90. The van der Waals surface area contributed by atoms with Crippen molar-refractivity contribution in [2.75, 3.05) is 13.1 Å².